The van der Waals surface area contributed by atoms with E-state index in [4.69, 9.17) is 21.4 Å². The summed E-state index contributed by atoms with van der Waals surface area (Å²) in [6, 6.07) is 15.2. The lowest BCUT2D eigenvalue weighted by molar-refractivity contribution is -0.118. The van der Waals surface area contributed by atoms with E-state index in [2.05, 4.69) is 15.5 Å². The Morgan fingerprint density at radius 3 is 2.52 bits per heavy atom. The molecule has 0 unspecified atom stereocenters. The van der Waals surface area contributed by atoms with Crippen molar-refractivity contribution in [1.82, 2.24) is 25.3 Å². The van der Waals surface area contributed by atoms with Crippen LogP contribution in [0.5, 0.6) is 5.75 Å². The van der Waals surface area contributed by atoms with Crippen molar-refractivity contribution in [2.75, 3.05) is 12.4 Å². The lowest BCUT2D eigenvalue weighted by Crippen LogP contribution is -2.24. The van der Waals surface area contributed by atoms with Crippen LogP contribution in [0.1, 0.15) is 23.9 Å². The topological polar surface area (TPSA) is 81.9 Å². The zero-order chi connectivity index (χ0) is 23.4. The van der Waals surface area contributed by atoms with Crippen LogP contribution in [0, 0.1) is 13.8 Å². The highest BCUT2D eigenvalue weighted by atomic mass is 35.5. The van der Waals surface area contributed by atoms with Gasteiger partial charge in [0, 0.05) is 17.0 Å². The molecule has 1 N–H and O–H groups in total. The number of amides is 1. The largest absolute Gasteiger partial charge is 0.494 e. The minimum Gasteiger partial charge on any atom is -0.494 e. The third-order valence-electron chi connectivity index (χ3n) is 5.11. The van der Waals surface area contributed by atoms with Crippen LogP contribution in [-0.4, -0.2) is 38.2 Å². The zero-order valence-corrected chi connectivity index (χ0v) is 20.2. The Balaban J connectivity index is 1.46. The molecule has 9 heteroatoms. The molecule has 1 amide bonds. The molecule has 0 fully saturated rings. The molecule has 0 aliphatic heterocycles. The van der Waals surface area contributed by atoms with Gasteiger partial charge in [-0.25, -0.2) is 4.68 Å². The van der Waals surface area contributed by atoms with E-state index in [1.165, 1.54) is 11.8 Å². The molecule has 0 aliphatic rings. The summed E-state index contributed by atoms with van der Waals surface area (Å²) < 4.78 is 7.30. The number of nitrogens with zero attached hydrogens (tertiary/aromatic N) is 4. The van der Waals surface area contributed by atoms with Gasteiger partial charge in [-0.1, -0.05) is 35.5 Å². The number of halogens is 1. The van der Waals surface area contributed by atoms with Crippen molar-refractivity contribution in [1.29, 1.82) is 0 Å². The van der Waals surface area contributed by atoms with Crippen molar-refractivity contribution in [3.63, 3.8) is 0 Å². The highest BCUT2D eigenvalue weighted by Gasteiger charge is 2.18. The van der Waals surface area contributed by atoms with Gasteiger partial charge in [0.05, 0.1) is 29.4 Å². The van der Waals surface area contributed by atoms with E-state index in [1.807, 2.05) is 74.0 Å². The molecule has 0 atom stereocenters. The van der Waals surface area contributed by atoms with E-state index in [0.29, 0.717) is 23.2 Å². The van der Waals surface area contributed by atoms with Gasteiger partial charge in [0.25, 0.3) is 0 Å². The number of carbonyl (C=O) groups excluding carboxylic acids is 1. The van der Waals surface area contributed by atoms with E-state index >= 15 is 0 Å². The van der Waals surface area contributed by atoms with Crippen LogP contribution in [0.3, 0.4) is 0 Å². The number of aryl methyl sites for hydroxylation is 2. The number of aromatic nitrogens is 4. The van der Waals surface area contributed by atoms with Gasteiger partial charge in [0.15, 0.2) is 0 Å². The van der Waals surface area contributed by atoms with E-state index in [1.54, 1.807) is 0 Å². The van der Waals surface area contributed by atoms with Crippen molar-refractivity contribution in [2.24, 2.45) is 0 Å². The number of ether oxygens (including phenoxy) is 1. The van der Waals surface area contributed by atoms with Crippen molar-refractivity contribution >= 4 is 40.2 Å². The van der Waals surface area contributed by atoms with Crippen LogP contribution in [0.4, 0.5) is 0 Å². The Morgan fingerprint density at radius 1 is 1.09 bits per heavy atom. The molecular weight excluding hydrogens is 458 g/mol. The molecule has 2 aromatic carbocycles. The summed E-state index contributed by atoms with van der Waals surface area (Å²) >= 11 is 7.35. The maximum absolute atomic E-state index is 12.4. The number of hydrogen-bond acceptors (Lipinski definition) is 6. The highest BCUT2D eigenvalue weighted by Crippen LogP contribution is 2.30. The summed E-state index contributed by atoms with van der Waals surface area (Å²) in [5, 5.41) is 18.6. The Hall–Kier alpha value is -3.10. The Kier molecular flexibility index (Phi) is 7.15. The van der Waals surface area contributed by atoms with E-state index in [9.17, 15) is 4.79 Å². The van der Waals surface area contributed by atoms with Gasteiger partial charge in [0.1, 0.15) is 16.3 Å². The standard InChI is InChI=1S/C24H24ClN5O2S/c1-4-32-20-11-5-17(6-12-20)13-26-21(31)14-33-24-23-22(15(2)27-28-24)16(3)30(29-23)19-9-7-18(25)8-10-19/h5-12H,4,13-14H2,1-3H3,(H,26,31). The first-order valence-electron chi connectivity index (χ1n) is 10.6. The van der Waals surface area contributed by atoms with Gasteiger partial charge in [-0.05, 0) is 62.7 Å². The van der Waals surface area contributed by atoms with Crippen LogP contribution < -0.4 is 10.1 Å². The van der Waals surface area contributed by atoms with Crippen molar-refractivity contribution in [3.8, 4) is 11.4 Å². The Morgan fingerprint density at radius 2 is 1.82 bits per heavy atom. The molecule has 4 rings (SSSR count). The average molecular weight is 482 g/mol. The number of thioether (sulfide) groups is 1. The van der Waals surface area contributed by atoms with Crippen molar-refractivity contribution in [2.45, 2.75) is 32.3 Å². The van der Waals surface area contributed by atoms with Crippen LogP contribution >= 0.6 is 23.4 Å². The maximum atomic E-state index is 12.4. The second kappa shape index (κ2) is 10.2. The normalized spacial score (nSPS) is 11.0. The minimum atomic E-state index is -0.0849. The maximum Gasteiger partial charge on any atom is 0.230 e. The summed E-state index contributed by atoms with van der Waals surface area (Å²) in [7, 11) is 0. The van der Waals surface area contributed by atoms with Crippen LogP contribution in [0.2, 0.25) is 5.02 Å². The number of fused-ring (bicyclic) bond motifs is 1. The zero-order valence-electron chi connectivity index (χ0n) is 18.6. The third-order valence-corrected chi connectivity index (χ3v) is 6.31. The second-order valence-electron chi connectivity index (χ2n) is 7.43. The van der Waals surface area contributed by atoms with Crippen LogP contribution in [0.25, 0.3) is 16.6 Å². The number of nitrogens with one attached hydrogen (secondary N) is 1. The molecule has 0 bridgehead atoms. The summed E-state index contributed by atoms with van der Waals surface area (Å²) in [5.41, 5.74) is 4.40. The molecule has 0 spiro atoms. The highest BCUT2D eigenvalue weighted by molar-refractivity contribution is 8.00. The minimum absolute atomic E-state index is 0.0849. The van der Waals surface area contributed by atoms with E-state index in [0.717, 1.165) is 39.3 Å². The molecule has 2 heterocycles. The summed E-state index contributed by atoms with van der Waals surface area (Å²) in [5.74, 6) is 0.952. The summed E-state index contributed by atoms with van der Waals surface area (Å²) in [4.78, 5) is 12.4. The first kappa shape index (κ1) is 23.1. The van der Waals surface area contributed by atoms with Gasteiger partial charge >= 0.3 is 0 Å². The first-order valence-corrected chi connectivity index (χ1v) is 11.9. The predicted molar refractivity (Wildman–Crippen MR) is 131 cm³/mol. The molecule has 0 saturated heterocycles. The fourth-order valence-corrected chi connectivity index (χ4v) is 4.36. The van der Waals surface area contributed by atoms with Gasteiger partial charge in [-0.2, -0.15) is 10.2 Å². The third kappa shape index (κ3) is 5.29. The number of hydrogen-bond donors (Lipinski definition) is 1. The lowest BCUT2D eigenvalue weighted by atomic mass is 10.2. The molecule has 2 aromatic heterocycles. The smallest absolute Gasteiger partial charge is 0.230 e. The molecule has 0 aliphatic carbocycles. The predicted octanol–water partition coefficient (Wildman–Crippen LogP) is 4.89. The molecular formula is C24H24ClN5O2S. The Bertz CT molecular complexity index is 1270. The lowest BCUT2D eigenvalue weighted by Gasteiger charge is -2.07. The monoisotopic (exact) mass is 481 g/mol. The number of carbonyl (C=O) groups is 1. The second-order valence-corrected chi connectivity index (χ2v) is 8.83. The molecule has 0 saturated carbocycles. The number of rotatable bonds is 8. The van der Waals surface area contributed by atoms with Crippen LogP contribution in [-0.2, 0) is 11.3 Å². The van der Waals surface area contributed by atoms with Gasteiger partial charge < -0.3 is 10.1 Å². The van der Waals surface area contributed by atoms with Gasteiger partial charge in [0.2, 0.25) is 5.91 Å². The summed E-state index contributed by atoms with van der Waals surface area (Å²) in [6.07, 6.45) is 0. The molecule has 4 aromatic rings. The van der Waals surface area contributed by atoms with Crippen molar-refractivity contribution in [3.05, 3.63) is 70.5 Å². The quantitative estimate of drug-likeness (QED) is 0.361. The fourth-order valence-electron chi connectivity index (χ4n) is 3.49. The Labute approximate surface area is 201 Å². The van der Waals surface area contributed by atoms with Crippen molar-refractivity contribution < 1.29 is 9.53 Å². The molecule has 33 heavy (non-hydrogen) atoms. The molecule has 0 radical (unpaired) electrons. The fraction of sp³-hybridized carbons (Fsp3) is 0.250. The number of benzene rings is 2. The first-order chi connectivity index (χ1) is 16.0. The molecule has 7 nitrogen and oxygen atoms in total. The van der Waals surface area contributed by atoms with Crippen LogP contribution in [0.15, 0.2) is 53.6 Å². The SMILES string of the molecule is CCOc1ccc(CNC(=O)CSc2nnc(C)c3c(C)n(-c4ccc(Cl)cc4)nc23)cc1. The average Bonchev–Trinajstić information content (AvgIpc) is 3.17. The molecule has 170 valence electrons. The van der Waals surface area contributed by atoms with E-state index in [-0.39, 0.29) is 11.7 Å². The van der Waals surface area contributed by atoms with Gasteiger partial charge in [-0.15, -0.1) is 5.10 Å². The summed E-state index contributed by atoms with van der Waals surface area (Å²) in [6.45, 7) is 6.93. The van der Waals surface area contributed by atoms with Gasteiger partial charge in [-0.3, -0.25) is 4.79 Å². The van der Waals surface area contributed by atoms with E-state index < -0.39 is 0 Å².